The summed E-state index contributed by atoms with van der Waals surface area (Å²) in [6.07, 6.45) is 4.99. The van der Waals surface area contributed by atoms with Crippen LogP contribution in [0.3, 0.4) is 0 Å². The van der Waals surface area contributed by atoms with E-state index in [0.29, 0.717) is 5.76 Å². The van der Waals surface area contributed by atoms with Gasteiger partial charge in [0, 0.05) is 23.1 Å². The van der Waals surface area contributed by atoms with Crippen molar-refractivity contribution in [3.8, 4) is 17.6 Å². The fourth-order valence-corrected chi connectivity index (χ4v) is 4.63. The van der Waals surface area contributed by atoms with Crippen molar-refractivity contribution in [3.63, 3.8) is 0 Å². The molecule has 4 heteroatoms. The Hall–Kier alpha value is -3.45. The van der Waals surface area contributed by atoms with Gasteiger partial charge in [-0.25, -0.2) is 0 Å². The average molecular weight is 383 g/mol. The lowest BCUT2D eigenvalue weighted by Gasteiger charge is -2.35. The van der Waals surface area contributed by atoms with E-state index in [1.165, 1.54) is 28.3 Å². The fraction of sp³-hybridized carbons (Fsp3) is 0.240. The van der Waals surface area contributed by atoms with Gasteiger partial charge in [-0.1, -0.05) is 12.1 Å². The summed E-state index contributed by atoms with van der Waals surface area (Å²) in [6, 6.07) is 14.7. The zero-order chi connectivity index (χ0) is 20.0. The van der Waals surface area contributed by atoms with Crippen LogP contribution in [-0.4, -0.2) is 14.2 Å². The summed E-state index contributed by atoms with van der Waals surface area (Å²) < 4.78 is 17.2. The van der Waals surface area contributed by atoms with Gasteiger partial charge < -0.3 is 14.2 Å². The topological polar surface area (TPSA) is 51.5 Å². The fourth-order valence-electron chi connectivity index (χ4n) is 4.63. The zero-order valence-corrected chi connectivity index (χ0v) is 16.5. The standard InChI is InChI=1S/C25H21NO3/c1-27-17-7-9-19-16(13-17)4-8-20-22(11-12-26)29-23-10-5-15-3-6-18(28-2)14-21(15)25(23)24(19)20/h3,6-7,9,11,13-14H,4-5,8,10H2,1-2H3/b22-11-. The largest absolute Gasteiger partial charge is 0.497 e. The van der Waals surface area contributed by atoms with E-state index in [1.54, 1.807) is 14.2 Å². The number of hydrogen-bond donors (Lipinski definition) is 0. The van der Waals surface area contributed by atoms with Crippen LogP contribution in [0.2, 0.25) is 0 Å². The third kappa shape index (κ3) is 2.74. The summed E-state index contributed by atoms with van der Waals surface area (Å²) in [6.45, 7) is 0. The van der Waals surface area contributed by atoms with Crippen LogP contribution in [0, 0.1) is 11.3 Å². The number of methoxy groups -OCH3 is 2. The van der Waals surface area contributed by atoms with Gasteiger partial charge in [0.1, 0.15) is 23.0 Å². The Kier molecular flexibility index (Phi) is 4.17. The van der Waals surface area contributed by atoms with E-state index in [4.69, 9.17) is 14.2 Å². The van der Waals surface area contributed by atoms with Gasteiger partial charge in [0.05, 0.1) is 26.4 Å². The van der Waals surface area contributed by atoms with Crippen LogP contribution >= 0.6 is 0 Å². The van der Waals surface area contributed by atoms with E-state index < -0.39 is 0 Å². The number of hydrogen-bond acceptors (Lipinski definition) is 4. The molecule has 0 unspecified atom stereocenters. The number of benzene rings is 2. The molecular weight excluding hydrogens is 362 g/mol. The molecule has 29 heavy (non-hydrogen) atoms. The lowest BCUT2D eigenvalue weighted by atomic mass is 9.74. The first-order chi connectivity index (χ1) is 14.2. The highest BCUT2D eigenvalue weighted by molar-refractivity contribution is 6.11. The molecule has 144 valence electrons. The maximum Gasteiger partial charge on any atom is 0.141 e. The van der Waals surface area contributed by atoms with Crippen molar-refractivity contribution in [2.75, 3.05) is 14.2 Å². The molecule has 1 heterocycles. The molecule has 0 amide bonds. The van der Waals surface area contributed by atoms with Crippen LogP contribution in [0.1, 0.15) is 35.1 Å². The molecule has 0 spiro atoms. The number of nitrogens with zero attached hydrogens (tertiary/aromatic N) is 1. The highest BCUT2D eigenvalue weighted by atomic mass is 16.5. The van der Waals surface area contributed by atoms with Crippen LogP contribution in [0.15, 0.2) is 59.6 Å². The van der Waals surface area contributed by atoms with E-state index in [1.807, 2.05) is 12.1 Å². The maximum atomic E-state index is 9.32. The molecule has 1 aliphatic heterocycles. The van der Waals surface area contributed by atoms with Gasteiger partial charge >= 0.3 is 0 Å². The van der Waals surface area contributed by atoms with Crippen molar-refractivity contribution in [1.29, 1.82) is 5.26 Å². The average Bonchev–Trinajstić information content (AvgIpc) is 2.77. The van der Waals surface area contributed by atoms with E-state index in [9.17, 15) is 5.26 Å². The van der Waals surface area contributed by atoms with Gasteiger partial charge in [0.25, 0.3) is 0 Å². The predicted octanol–water partition coefficient (Wildman–Crippen LogP) is 5.20. The van der Waals surface area contributed by atoms with Crippen LogP contribution in [-0.2, 0) is 17.6 Å². The van der Waals surface area contributed by atoms with Gasteiger partial charge in [-0.3, -0.25) is 0 Å². The molecule has 0 radical (unpaired) electrons. The lowest BCUT2D eigenvalue weighted by Crippen LogP contribution is -2.19. The van der Waals surface area contributed by atoms with Gasteiger partial charge in [-0.2, -0.15) is 5.26 Å². The normalized spacial score (nSPS) is 18.2. The monoisotopic (exact) mass is 383 g/mol. The molecule has 0 N–H and O–H groups in total. The third-order valence-electron chi connectivity index (χ3n) is 5.99. The first-order valence-electron chi connectivity index (χ1n) is 9.82. The number of aryl methyl sites for hydroxylation is 2. The van der Waals surface area contributed by atoms with Crippen LogP contribution in [0.4, 0.5) is 0 Å². The smallest absolute Gasteiger partial charge is 0.141 e. The van der Waals surface area contributed by atoms with Crippen LogP contribution in [0.5, 0.6) is 11.5 Å². The van der Waals surface area contributed by atoms with E-state index in [2.05, 4.69) is 30.3 Å². The molecule has 0 aromatic heterocycles. The molecule has 0 bridgehead atoms. The second-order valence-electron chi connectivity index (χ2n) is 7.44. The number of ether oxygens (including phenoxy) is 3. The molecular formula is C25H21NO3. The molecule has 2 aromatic carbocycles. The Morgan fingerprint density at radius 2 is 1.62 bits per heavy atom. The minimum atomic E-state index is 0.689. The lowest BCUT2D eigenvalue weighted by molar-refractivity contribution is 0.294. The summed E-state index contributed by atoms with van der Waals surface area (Å²) in [5, 5.41) is 9.32. The summed E-state index contributed by atoms with van der Waals surface area (Å²) >= 11 is 0. The summed E-state index contributed by atoms with van der Waals surface area (Å²) in [5.41, 5.74) is 8.36. The molecule has 3 aliphatic rings. The van der Waals surface area contributed by atoms with Crippen molar-refractivity contribution in [2.45, 2.75) is 25.7 Å². The quantitative estimate of drug-likeness (QED) is 0.669. The van der Waals surface area contributed by atoms with Crippen molar-refractivity contribution in [3.05, 3.63) is 81.8 Å². The van der Waals surface area contributed by atoms with Crippen molar-refractivity contribution >= 4 is 11.1 Å². The Labute approximate surface area is 170 Å². The van der Waals surface area contributed by atoms with Crippen molar-refractivity contribution in [2.24, 2.45) is 0 Å². The van der Waals surface area contributed by atoms with Crippen LogP contribution < -0.4 is 9.47 Å². The Bertz CT molecular complexity index is 1160. The van der Waals surface area contributed by atoms with Crippen LogP contribution in [0.25, 0.3) is 11.1 Å². The molecule has 0 fully saturated rings. The minimum Gasteiger partial charge on any atom is -0.497 e. The summed E-state index contributed by atoms with van der Waals surface area (Å²) in [5.74, 6) is 3.33. The molecule has 2 aromatic rings. The van der Waals surface area contributed by atoms with Gasteiger partial charge in [0.15, 0.2) is 0 Å². The van der Waals surface area contributed by atoms with Gasteiger partial charge in [-0.15, -0.1) is 0 Å². The number of allylic oxidation sites excluding steroid dienone is 5. The highest BCUT2D eigenvalue weighted by Gasteiger charge is 2.35. The maximum absolute atomic E-state index is 9.32. The second-order valence-corrected chi connectivity index (χ2v) is 7.44. The molecule has 0 saturated heterocycles. The Morgan fingerprint density at radius 3 is 2.41 bits per heavy atom. The number of nitriles is 1. The SMILES string of the molecule is COc1ccc2c(c1)CCC1=C2C2=C(CCc3ccc(OC)cc32)O/C1=C\C#N. The van der Waals surface area contributed by atoms with E-state index >= 15 is 0 Å². The predicted molar refractivity (Wildman–Crippen MR) is 111 cm³/mol. The highest BCUT2D eigenvalue weighted by Crippen LogP contribution is 2.52. The number of rotatable bonds is 2. The first-order valence-corrected chi connectivity index (χ1v) is 9.82. The summed E-state index contributed by atoms with van der Waals surface area (Å²) in [4.78, 5) is 0. The molecule has 0 atom stereocenters. The van der Waals surface area contributed by atoms with Gasteiger partial charge in [-0.05, 0) is 65.8 Å². The summed E-state index contributed by atoms with van der Waals surface area (Å²) in [7, 11) is 3.39. The minimum absolute atomic E-state index is 0.689. The molecule has 5 rings (SSSR count). The Morgan fingerprint density at radius 1 is 0.862 bits per heavy atom. The third-order valence-corrected chi connectivity index (χ3v) is 5.99. The van der Waals surface area contributed by atoms with Gasteiger partial charge in [0.2, 0.25) is 0 Å². The van der Waals surface area contributed by atoms with Crippen molar-refractivity contribution < 1.29 is 14.2 Å². The van der Waals surface area contributed by atoms with E-state index in [-0.39, 0.29) is 0 Å². The molecule has 4 nitrogen and oxygen atoms in total. The molecule has 0 saturated carbocycles. The molecule has 2 aliphatic carbocycles. The Balaban J connectivity index is 1.79. The van der Waals surface area contributed by atoms with Crippen molar-refractivity contribution in [1.82, 2.24) is 0 Å². The number of fused-ring (bicyclic) bond motifs is 5. The first kappa shape index (κ1) is 17.6. The second kappa shape index (κ2) is 6.86. The van der Waals surface area contributed by atoms with E-state index in [0.717, 1.165) is 59.7 Å². The zero-order valence-electron chi connectivity index (χ0n) is 16.5.